The Morgan fingerprint density at radius 3 is 2.47 bits per heavy atom. The molecule has 0 bridgehead atoms. The molecular weight excluding hydrogens is 420 g/mol. The molecule has 0 aliphatic heterocycles. The summed E-state index contributed by atoms with van der Waals surface area (Å²) in [7, 11) is 0. The van der Waals surface area contributed by atoms with Crippen LogP contribution in [0.1, 0.15) is 41.2 Å². The lowest BCUT2D eigenvalue weighted by molar-refractivity contribution is 0.102. The van der Waals surface area contributed by atoms with E-state index in [-0.39, 0.29) is 11.9 Å². The molecule has 4 aromatic rings. The Balaban J connectivity index is 1.30. The van der Waals surface area contributed by atoms with Gasteiger partial charge in [0.2, 0.25) is 0 Å². The summed E-state index contributed by atoms with van der Waals surface area (Å²) in [4.78, 5) is 20.4. The largest absolute Gasteiger partial charge is 0.338 e. The molecule has 1 unspecified atom stereocenters. The van der Waals surface area contributed by atoms with Gasteiger partial charge < -0.3 is 15.6 Å². The molecule has 1 heterocycles. The van der Waals surface area contributed by atoms with Gasteiger partial charge in [-0.15, -0.1) is 0 Å². The van der Waals surface area contributed by atoms with Gasteiger partial charge in [0.25, 0.3) is 5.91 Å². The quantitative estimate of drug-likeness (QED) is 0.277. The zero-order chi connectivity index (χ0) is 23.9. The molecular formula is C29H30N4O. The number of carbonyl (C=O) groups excluding carboxylic acids is 1. The first-order valence-corrected chi connectivity index (χ1v) is 11.5. The molecule has 1 atom stereocenters. The topological polar surface area (TPSA) is 69.8 Å². The Morgan fingerprint density at radius 2 is 1.76 bits per heavy atom. The van der Waals surface area contributed by atoms with E-state index in [1.54, 1.807) is 0 Å². The number of allylic oxidation sites excluding steroid dienone is 3. The molecule has 1 aromatic heterocycles. The minimum Gasteiger partial charge on any atom is -0.338 e. The number of rotatable bonds is 8. The highest BCUT2D eigenvalue weighted by Gasteiger charge is 2.07. The number of hydrogen-bond acceptors (Lipinski definition) is 3. The fourth-order valence-electron chi connectivity index (χ4n) is 3.61. The fourth-order valence-corrected chi connectivity index (χ4v) is 3.61. The maximum absolute atomic E-state index is 12.4. The summed E-state index contributed by atoms with van der Waals surface area (Å²) in [6, 6.07) is 23.7. The molecule has 4 rings (SSSR count). The van der Waals surface area contributed by atoms with Crippen LogP contribution in [0.5, 0.6) is 0 Å². The molecule has 0 fully saturated rings. The van der Waals surface area contributed by atoms with Crippen molar-refractivity contribution in [1.82, 2.24) is 15.3 Å². The van der Waals surface area contributed by atoms with Crippen LogP contribution in [0.4, 0.5) is 5.69 Å². The zero-order valence-corrected chi connectivity index (χ0v) is 19.8. The molecule has 3 N–H and O–H groups in total. The lowest BCUT2D eigenvalue weighted by Crippen LogP contribution is -2.23. The Labute approximate surface area is 200 Å². The van der Waals surface area contributed by atoms with E-state index < -0.39 is 0 Å². The number of nitrogens with one attached hydrogen (secondary N) is 3. The molecule has 0 saturated carbocycles. The molecule has 0 aliphatic carbocycles. The number of nitrogens with zero attached hydrogens (tertiary/aromatic N) is 1. The van der Waals surface area contributed by atoms with Crippen molar-refractivity contribution < 1.29 is 4.79 Å². The van der Waals surface area contributed by atoms with Crippen LogP contribution < -0.4 is 10.6 Å². The van der Waals surface area contributed by atoms with Crippen LogP contribution in [0.15, 0.2) is 91.0 Å². The van der Waals surface area contributed by atoms with Crippen molar-refractivity contribution in [3.8, 4) is 0 Å². The molecule has 172 valence electrons. The predicted molar refractivity (Wildman–Crippen MR) is 141 cm³/mol. The van der Waals surface area contributed by atoms with E-state index in [2.05, 4.69) is 45.8 Å². The average molecular weight is 451 g/mol. The minimum absolute atomic E-state index is 0.103. The van der Waals surface area contributed by atoms with E-state index in [0.29, 0.717) is 5.56 Å². The van der Waals surface area contributed by atoms with E-state index in [1.807, 2.05) is 86.6 Å². The number of carbonyl (C=O) groups is 1. The number of anilines is 1. The molecule has 34 heavy (non-hydrogen) atoms. The minimum atomic E-state index is -0.103. The van der Waals surface area contributed by atoms with Crippen LogP contribution in [0.2, 0.25) is 0 Å². The van der Waals surface area contributed by atoms with E-state index in [0.717, 1.165) is 45.8 Å². The number of aromatic nitrogens is 2. The lowest BCUT2D eigenvalue weighted by Gasteiger charge is -2.11. The summed E-state index contributed by atoms with van der Waals surface area (Å²) in [5.41, 5.74) is 6.78. The van der Waals surface area contributed by atoms with Crippen LogP contribution in [-0.2, 0) is 6.54 Å². The summed E-state index contributed by atoms with van der Waals surface area (Å²) < 4.78 is 0. The molecule has 5 nitrogen and oxygen atoms in total. The SMILES string of the molecule is C/C=C(\C=C/C(C)NCc1ccc(NC(=O)c2ccc(C)cc2)cc1)c1nc2ccccc2[nH]1. The Kier molecular flexibility index (Phi) is 7.35. The molecule has 0 spiro atoms. The van der Waals surface area contributed by atoms with Crippen LogP contribution in [0.3, 0.4) is 0 Å². The van der Waals surface area contributed by atoms with Gasteiger partial charge in [-0.3, -0.25) is 4.79 Å². The summed E-state index contributed by atoms with van der Waals surface area (Å²) in [5.74, 6) is 0.768. The third-order valence-electron chi connectivity index (χ3n) is 5.69. The number of H-pyrrole nitrogens is 1. The second-order valence-corrected chi connectivity index (χ2v) is 8.39. The van der Waals surface area contributed by atoms with Crippen LogP contribution in [-0.4, -0.2) is 21.9 Å². The number of aryl methyl sites for hydroxylation is 1. The van der Waals surface area contributed by atoms with Gasteiger partial charge in [0, 0.05) is 29.4 Å². The summed E-state index contributed by atoms with van der Waals surface area (Å²) in [6.45, 7) is 6.88. The molecule has 0 radical (unpaired) electrons. The van der Waals surface area contributed by atoms with E-state index in [9.17, 15) is 4.79 Å². The van der Waals surface area contributed by atoms with E-state index >= 15 is 0 Å². The second-order valence-electron chi connectivity index (χ2n) is 8.39. The summed E-state index contributed by atoms with van der Waals surface area (Å²) in [5, 5.41) is 6.46. The number of fused-ring (bicyclic) bond motifs is 1. The van der Waals surface area contributed by atoms with Gasteiger partial charge in [0.15, 0.2) is 0 Å². The first-order chi connectivity index (χ1) is 16.5. The van der Waals surface area contributed by atoms with Crippen molar-refractivity contribution in [2.24, 2.45) is 0 Å². The van der Waals surface area contributed by atoms with Gasteiger partial charge in [-0.2, -0.15) is 0 Å². The highest BCUT2D eigenvalue weighted by molar-refractivity contribution is 6.04. The number of para-hydroxylation sites is 2. The Bertz CT molecular complexity index is 1280. The van der Waals surface area contributed by atoms with Gasteiger partial charge >= 0.3 is 0 Å². The van der Waals surface area contributed by atoms with Crippen molar-refractivity contribution in [3.63, 3.8) is 0 Å². The number of imidazole rings is 1. The normalized spacial score (nSPS) is 12.9. The third-order valence-corrected chi connectivity index (χ3v) is 5.69. The molecule has 0 aliphatic rings. The Hall–Kier alpha value is -3.96. The van der Waals surface area contributed by atoms with Gasteiger partial charge in [0.1, 0.15) is 5.82 Å². The molecule has 0 saturated heterocycles. The van der Waals surface area contributed by atoms with Crippen LogP contribution in [0, 0.1) is 6.92 Å². The molecule has 1 amide bonds. The van der Waals surface area contributed by atoms with Crippen LogP contribution >= 0.6 is 0 Å². The van der Waals surface area contributed by atoms with Crippen molar-refractivity contribution >= 4 is 28.2 Å². The second kappa shape index (κ2) is 10.8. The maximum Gasteiger partial charge on any atom is 0.255 e. The lowest BCUT2D eigenvalue weighted by atomic mass is 10.1. The number of amides is 1. The smallest absolute Gasteiger partial charge is 0.255 e. The first kappa shape index (κ1) is 23.2. The number of hydrogen-bond donors (Lipinski definition) is 3. The Morgan fingerprint density at radius 1 is 1.03 bits per heavy atom. The zero-order valence-electron chi connectivity index (χ0n) is 19.8. The fraction of sp³-hybridized carbons (Fsp3) is 0.172. The first-order valence-electron chi connectivity index (χ1n) is 11.5. The monoisotopic (exact) mass is 450 g/mol. The highest BCUT2D eigenvalue weighted by atomic mass is 16.1. The van der Waals surface area contributed by atoms with Crippen LogP contribution in [0.25, 0.3) is 16.6 Å². The van der Waals surface area contributed by atoms with Crippen molar-refractivity contribution in [1.29, 1.82) is 0 Å². The van der Waals surface area contributed by atoms with Crippen molar-refractivity contribution in [3.05, 3.63) is 114 Å². The predicted octanol–water partition coefficient (Wildman–Crippen LogP) is 6.26. The third kappa shape index (κ3) is 5.88. The van der Waals surface area contributed by atoms with E-state index in [1.165, 1.54) is 0 Å². The standard InChI is InChI=1S/C29H30N4O/c1-4-23(28-32-26-7-5-6-8-27(26)33-28)16-11-21(3)30-19-22-12-17-25(18-13-22)31-29(34)24-14-9-20(2)10-15-24/h4-18,21,30H,19H2,1-3H3,(H,31,34)(H,32,33)/b16-11-,23-4+. The van der Waals surface area contributed by atoms with E-state index in [4.69, 9.17) is 0 Å². The number of benzene rings is 3. The van der Waals surface area contributed by atoms with Crippen molar-refractivity contribution in [2.45, 2.75) is 33.4 Å². The van der Waals surface area contributed by atoms with Gasteiger partial charge in [0.05, 0.1) is 11.0 Å². The molecule has 3 aromatic carbocycles. The summed E-state index contributed by atoms with van der Waals surface area (Å²) in [6.07, 6.45) is 6.29. The highest BCUT2D eigenvalue weighted by Crippen LogP contribution is 2.18. The number of aromatic amines is 1. The summed E-state index contributed by atoms with van der Waals surface area (Å²) >= 11 is 0. The van der Waals surface area contributed by atoms with Gasteiger partial charge in [-0.25, -0.2) is 4.98 Å². The van der Waals surface area contributed by atoms with Gasteiger partial charge in [-0.1, -0.05) is 60.2 Å². The van der Waals surface area contributed by atoms with Gasteiger partial charge in [-0.05, 0) is 62.7 Å². The average Bonchev–Trinajstić information content (AvgIpc) is 3.28. The maximum atomic E-state index is 12.4. The molecule has 5 heteroatoms. The van der Waals surface area contributed by atoms with Crippen molar-refractivity contribution in [2.75, 3.05) is 5.32 Å².